The van der Waals surface area contributed by atoms with E-state index in [2.05, 4.69) is 25.6 Å². The number of hydrogen-bond acceptors (Lipinski definition) is 9. The molecule has 0 saturated carbocycles. The maximum absolute atomic E-state index is 12.7. The minimum atomic E-state index is -2.19. The molecule has 36 heavy (non-hydrogen) atoms. The second-order valence-electron chi connectivity index (χ2n) is 7.68. The summed E-state index contributed by atoms with van der Waals surface area (Å²) in [6, 6.07) is 15.3. The van der Waals surface area contributed by atoms with Gasteiger partial charge in [0.05, 0.1) is 19.0 Å². The fraction of sp³-hybridized carbons (Fsp3) is 0.120. The Bertz CT molecular complexity index is 1400. The number of hydrogen-bond donors (Lipinski definition) is 3. The fourth-order valence-corrected chi connectivity index (χ4v) is 3.88. The van der Waals surface area contributed by atoms with Gasteiger partial charge in [-0.15, -0.1) is 0 Å². The standard InChI is InChI=1S/C25H24N6O4S/c1-35-21-10-19(13-27-14-21)22-8-9-28-25(30-22)31-23-11-20(7-6-18(23)12-26)29-24(32)17-4-2-16(3-5-17)15-36(33)34/h2-11,13-14H,12,15,26H2,1H3,(H,29,32)(H,33,34)(H,28,30,31)/p-1. The lowest BCUT2D eigenvalue weighted by Crippen LogP contribution is -2.13. The lowest BCUT2D eigenvalue weighted by Gasteiger charge is -2.13. The molecule has 0 saturated heterocycles. The van der Waals surface area contributed by atoms with Crippen LogP contribution < -0.4 is 21.1 Å². The van der Waals surface area contributed by atoms with Crippen molar-refractivity contribution in [3.05, 3.63) is 89.9 Å². The van der Waals surface area contributed by atoms with Crippen molar-refractivity contribution in [2.75, 3.05) is 17.7 Å². The third-order valence-corrected chi connectivity index (χ3v) is 5.80. The number of amides is 1. The van der Waals surface area contributed by atoms with Crippen LogP contribution in [0.25, 0.3) is 11.3 Å². The molecular weight excluding hydrogens is 480 g/mol. The second-order valence-corrected chi connectivity index (χ2v) is 8.58. The first kappa shape index (κ1) is 24.9. The maximum Gasteiger partial charge on any atom is 0.255 e. The van der Waals surface area contributed by atoms with Crippen LogP contribution in [0.3, 0.4) is 0 Å². The summed E-state index contributed by atoms with van der Waals surface area (Å²) < 4.78 is 26.9. The molecule has 184 valence electrons. The number of rotatable bonds is 9. The largest absolute Gasteiger partial charge is 0.772 e. The molecule has 0 radical (unpaired) electrons. The molecule has 10 nitrogen and oxygen atoms in total. The quantitative estimate of drug-likeness (QED) is 0.291. The Hall–Kier alpha value is -4.19. The average molecular weight is 504 g/mol. The Balaban J connectivity index is 1.53. The van der Waals surface area contributed by atoms with Crippen molar-refractivity contribution in [2.24, 2.45) is 5.73 Å². The topological polar surface area (TPSA) is 155 Å². The van der Waals surface area contributed by atoms with Crippen molar-refractivity contribution in [1.82, 2.24) is 15.0 Å². The van der Waals surface area contributed by atoms with Crippen LogP contribution in [0.1, 0.15) is 21.5 Å². The molecule has 4 rings (SSSR count). The number of pyridine rings is 1. The molecule has 2 aromatic carbocycles. The molecule has 0 aliphatic heterocycles. The summed E-state index contributed by atoms with van der Waals surface area (Å²) in [5, 5.41) is 6.02. The van der Waals surface area contributed by atoms with Crippen LogP contribution in [0.15, 0.2) is 73.2 Å². The van der Waals surface area contributed by atoms with Crippen molar-refractivity contribution < 1.29 is 18.3 Å². The van der Waals surface area contributed by atoms with Gasteiger partial charge in [-0.25, -0.2) is 9.97 Å². The number of nitrogens with one attached hydrogen (secondary N) is 2. The zero-order valence-electron chi connectivity index (χ0n) is 19.3. The van der Waals surface area contributed by atoms with Crippen molar-refractivity contribution in [3.8, 4) is 17.0 Å². The first-order chi connectivity index (χ1) is 17.4. The first-order valence-electron chi connectivity index (χ1n) is 10.8. The number of methoxy groups -OCH3 is 1. The zero-order valence-corrected chi connectivity index (χ0v) is 20.1. The van der Waals surface area contributed by atoms with E-state index in [0.29, 0.717) is 39.9 Å². The van der Waals surface area contributed by atoms with Gasteiger partial charge in [0.25, 0.3) is 5.91 Å². The van der Waals surface area contributed by atoms with Crippen molar-refractivity contribution in [2.45, 2.75) is 12.3 Å². The van der Waals surface area contributed by atoms with E-state index in [-0.39, 0.29) is 18.2 Å². The molecule has 2 heterocycles. The van der Waals surface area contributed by atoms with E-state index >= 15 is 0 Å². The summed E-state index contributed by atoms with van der Waals surface area (Å²) in [6.07, 6.45) is 4.92. The van der Waals surface area contributed by atoms with Gasteiger partial charge in [-0.1, -0.05) is 29.3 Å². The SMILES string of the molecule is COc1cncc(-c2ccnc(Nc3cc(NC(=O)c4ccc(CS(=O)[O-])cc4)ccc3CN)n2)c1. The van der Waals surface area contributed by atoms with Gasteiger partial charge in [0.15, 0.2) is 0 Å². The van der Waals surface area contributed by atoms with E-state index < -0.39 is 11.1 Å². The average Bonchev–Trinajstić information content (AvgIpc) is 2.89. The normalized spacial score (nSPS) is 11.5. The third kappa shape index (κ3) is 6.27. The number of aromatic nitrogens is 3. The Morgan fingerprint density at radius 3 is 2.64 bits per heavy atom. The summed E-state index contributed by atoms with van der Waals surface area (Å²) in [5.74, 6) is 0.527. The van der Waals surface area contributed by atoms with E-state index in [0.717, 1.165) is 11.1 Å². The summed E-state index contributed by atoms with van der Waals surface area (Å²) in [6.45, 7) is 0.263. The highest BCUT2D eigenvalue weighted by atomic mass is 32.2. The number of nitrogens with zero attached hydrogens (tertiary/aromatic N) is 3. The molecule has 0 aliphatic carbocycles. The van der Waals surface area contributed by atoms with E-state index in [1.807, 2.05) is 6.07 Å². The smallest absolute Gasteiger partial charge is 0.255 e. The summed E-state index contributed by atoms with van der Waals surface area (Å²) in [4.78, 5) is 25.7. The zero-order chi connectivity index (χ0) is 25.5. The molecule has 1 unspecified atom stereocenters. The number of anilines is 3. The molecule has 2 aromatic heterocycles. The van der Waals surface area contributed by atoms with Gasteiger partial charge in [-0.2, -0.15) is 0 Å². The molecule has 4 N–H and O–H groups in total. The minimum absolute atomic E-state index is 0.102. The lowest BCUT2D eigenvalue weighted by atomic mass is 10.1. The van der Waals surface area contributed by atoms with Crippen LogP contribution in [-0.2, 0) is 23.4 Å². The molecular formula is C25H23N6O4S-. The van der Waals surface area contributed by atoms with Crippen molar-refractivity contribution in [1.29, 1.82) is 0 Å². The van der Waals surface area contributed by atoms with Crippen LogP contribution in [0.5, 0.6) is 5.75 Å². The predicted octanol–water partition coefficient (Wildman–Crippen LogP) is 3.38. The highest BCUT2D eigenvalue weighted by Gasteiger charge is 2.11. The van der Waals surface area contributed by atoms with Gasteiger partial charge in [0, 0.05) is 47.2 Å². The Morgan fingerprint density at radius 2 is 1.92 bits per heavy atom. The van der Waals surface area contributed by atoms with Crippen molar-refractivity contribution >= 4 is 34.3 Å². The second kappa shape index (κ2) is 11.5. The predicted molar refractivity (Wildman–Crippen MR) is 136 cm³/mol. The molecule has 0 bridgehead atoms. The maximum atomic E-state index is 12.7. The summed E-state index contributed by atoms with van der Waals surface area (Å²) in [5.41, 5.74) is 10.3. The molecule has 0 spiro atoms. The van der Waals surface area contributed by atoms with Crippen LogP contribution in [0, 0.1) is 0 Å². The van der Waals surface area contributed by atoms with Crippen molar-refractivity contribution in [3.63, 3.8) is 0 Å². The number of carbonyl (C=O) groups is 1. The molecule has 0 aliphatic rings. The van der Waals surface area contributed by atoms with E-state index in [1.165, 1.54) is 0 Å². The van der Waals surface area contributed by atoms with Crippen LogP contribution in [0.2, 0.25) is 0 Å². The Kier molecular flexibility index (Phi) is 7.95. The first-order valence-corrected chi connectivity index (χ1v) is 12.1. The molecule has 4 aromatic rings. The number of benzene rings is 2. The molecule has 11 heteroatoms. The van der Waals surface area contributed by atoms with Crippen LogP contribution >= 0.6 is 0 Å². The monoisotopic (exact) mass is 503 g/mol. The van der Waals surface area contributed by atoms with Gasteiger partial charge >= 0.3 is 0 Å². The van der Waals surface area contributed by atoms with E-state index in [4.69, 9.17) is 10.5 Å². The van der Waals surface area contributed by atoms with Gasteiger partial charge in [-0.05, 0) is 47.5 Å². The summed E-state index contributed by atoms with van der Waals surface area (Å²) in [7, 11) is 1.57. The van der Waals surface area contributed by atoms with E-state index in [1.54, 1.807) is 74.2 Å². The van der Waals surface area contributed by atoms with Gasteiger partial charge < -0.3 is 25.7 Å². The highest BCUT2D eigenvalue weighted by molar-refractivity contribution is 7.78. The number of ether oxygens (including phenoxy) is 1. The van der Waals surface area contributed by atoms with Gasteiger partial charge in [-0.3, -0.25) is 14.0 Å². The fourth-order valence-electron chi connectivity index (χ4n) is 3.41. The van der Waals surface area contributed by atoms with E-state index in [9.17, 15) is 13.6 Å². The van der Waals surface area contributed by atoms with Crippen LogP contribution in [-0.4, -0.2) is 36.7 Å². The molecule has 0 fully saturated rings. The Morgan fingerprint density at radius 1 is 1.11 bits per heavy atom. The number of carbonyl (C=O) groups excluding carboxylic acids is 1. The number of nitrogens with two attached hydrogens (primary N) is 1. The third-order valence-electron chi connectivity index (χ3n) is 5.23. The summed E-state index contributed by atoms with van der Waals surface area (Å²) >= 11 is -2.19. The molecule has 1 atom stereocenters. The minimum Gasteiger partial charge on any atom is -0.772 e. The Labute approximate surface area is 210 Å². The van der Waals surface area contributed by atoms with Crippen LogP contribution in [0.4, 0.5) is 17.3 Å². The lowest BCUT2D eigenvalue weighted by molar-refractivity contribution is 0.102. The van der Waals surface area contributed by atoms with Gasteiger partial charge in [0.1, 0.15) is 5.75 Å². The van der Waals surface area contributed by atoms with Gasteiger partial charge in [0.2, 0.25) is 5.95 Å². The highest BCUT2D eigenvalue weighted by Crippen LogP contribution is 2.26. The molecule has 1 amide bonds.